The maximum atomic E-state index is 12.2. The van der Waals surface area contributed by atoms with Crippen LogP contribution < -0.4 is 11.1 Å². The second kappa shape index (κ2) is 8.31. The van der Waals surface area contributed by atoms with Gasteiger partial charge in [0.05, 0.1) is 5.56 Å². The molecule has 0 aromatic carbocycles. The molecule has 0 bridgehead atoms. The number of carbonyl (C=O) groups is 1. The zero-order valence-electron chi connectivity index (χ0n) is 13.0. The Labute approximate surface area is 142 Å². The summed E-state index contributed by atoms with van der Waals surface area (Å²) in [7, 11) is 0. The van der Waals surface area contributed by atoms with Crippen molar-refractivity contribution in [2.24, 2.45) is 5.73 Å². The highest BCUT2D eigenvalue weighted by atomic mass is 35.5. The minimum Gasteiger partial charge on any atom is -0.350 e. The highest BCUT2D eigenvalue weighted by Crippen LogP contribution is 2.15. The number of fused-ring (bicyclic) bond motifs is 1. The summed E-state index contributed by atoms with van der Waals surface area (Å²) in [6.07, 6.45) is 3.18. The molecule has 0 unspecified atom stereocenters. The maximum Gasteiger partial charge on any atom is 0.252 e. The van der Waals surface area contributed by atoms with Gasteiger partial charge in [-0.1, -0.05) is 13.8 Å². The second-order valence-corrected chi connectivity index (χ2v) is 5.20. The molecule has 0 radical (unpaired) electrons. The molecule has 2 aromatic rings. The number of amides is 1. The van der Waals surface area contributed by atoms with E-state index in [0.717, 1.165) is 23.9 Å². The molecule has 2 heterocycles. The van der Waals surface area contributed by atoms with Crippen LogP contribution in [0, 0.1) is 6.92 Å². The number of nitrogens with two attached hydrogens (primary N) is 1. The number of aryl methyl sites for hydroxylation is 1. The normalized spacial score (nSPS) is 10.7. The van der Waals surface area contributed by atoms with Crippen molar-refractivity contribution >= 4 is 41.8 Å². The largest absolute Gasteiger partial charge is 0.350 e. The lowest BCUT2D eigenvalue weighted by molar-refractivity contribution is 0.0942. The van der Waals surface area contributed by atoms with Gasteiger partial charge in [0.1, 0.15) is 0 Å². The average Bonchev–Trinajstić information content (AvgIpc) is 2.85. The predicted octanol–water partition coefficient (Wildman–Crippen LogP) is 2.36. The van der Waals surface area contributed by atoms with Crippen LogP contribution in [0.3, 0.4) is 0 Å². The lowest BCUT2D eigenvalue weighted by Crippen LogP contribution is -2.49. The molecular weight excluding hydrogens is 325 g/mol. The van der Waals surface area contributed by atoms with Crippen LogP contribution in [0.1, 0.15) is 42.7 Å². The van der Waals surface area contributed by atoms with Crippen LogP contribution in [0.25, 0.3) is 11.0 Å². The van der Waals surface area contributed by atoms with Crippen LogP contribution in [-0.2, 0) is 0 Å². The fourth-order valence-corrected chi connectivity index (χ4v) is 2.00. The topological polar surface area (TPSA) is 96.7 Å². The molecule has 0 spiro atoms. The van der Waals surface area contributed by atoms with Gasteiger partial charge in [0.25, 0.3) is 5.91 Å². The van der Waals surface area contributed by atoms with Crippen molar-refractivity contribution in [3.63, 3.8) is 0 Å². The first-order valence-corrected chi connectivity index (χ1v) is 6.87. The first-order chi connectivity index (χ1) is 9.49. The standard InChI is InChI=1S/C14H21N5O.2ClH/c1-4-14(15,5-2)8-17-13(20)10-6-11-9(3)18-19-12(11)16-7-10;;/h6-7H,4-5,8,15H2,1-3H3,(H,17,20)(H,16,18,19);2*1H. The van der Waals surface area contributed by atoms with Crippen LogP contribution in [-0.4, -0.2) is 33.2 Å². The van der Waals surface area contributed by atoms with Gasteiger partial charge in [0.15, 0.2) is 5.65 Å². The van der Waals surface area contributed by atoms with Gasteiger partial charge >= 0.3 is 0 Å². The Bertz CT molecular complexity index is 625. The third-order valence-corrected chi connectivity index (χ3v) is 3.87. The van der Waals surface area contributed by atoms with Crippen molar-refractivity contribution < 1.29 is 4.79 Å². The number of aromatic amines is 1. The van der Waals surface area contributed by atoms with E-state index >= 15 is 0 Å². The lowest BCUT2D eigenvalue weighted by atomic mass is 9.94. The number of pyridine rings is 1. The van der Waals surface area contributed by atoms with Crippen LogP contribution in [0.15, 0.2) is 12.3 Å². The third-order valence-electron chi connectivity index (χ3n) is 3.87. The smallest absolute Gasteiger partial charge is 0.252 e. The van der Waals surface area contributed by atoms with E-state index in [4.69, 9.17) is 5.73 Å². The van der Waals surface area contributed by atoms with Crippen LogP contribution in [0.2, 0.25) is 0 Å². The molecule has 0 aliphatic heterocycles. The van der Waals surface area contributed by atoms with E-state index in [0.29, 0.717) is 17.8 Å². The number of carbonyl (C=O) groups excluding carboxylic acids is 1. The summed E-state index contributed by atoms with van der Waals surface area (Å²) in [5.41, 5.74) is 7.87. The molecule has 2 rings (SSSR count). The van der Waals surface area contributed by atoms with Crippen molar-refractivity contribution in [3.05, 3.63) is 23.5 Å². The first-order valence-electron chi connectivity index (χ1n) is 6.87. The maximum absolute atomic E-state index is 12.2. The monoisotopic (exact) mass is 347 g/mol. The molecule has 0 fully saturated rings. The number of halogens is 2. The van der Waals surface area contributed by atoms with Gasteiger partial charge in [-0.25, -0.2) is 4.98 Å². The minimum atomic E-state index is -0.348. The van der Waals surface area contributed by atoms with Crippen molar-refractivity contribution in [1.82, 2.24) is 20.5 Å². The molecule has 124 valence electrons. The molecule has 0 saturated heterocycles. The Morgan fingerprint density at radius 1 is 1.36 bits per heavy atom. The van der Waals surface area contributed by atoms with Crippen LogP contribution in [0.4, 0.5) is 0 Å². The Balaban J connectivity index is 0.00000220. The Morgan fingerprint density at radius 2 is 2.00 bits per heavy atom. The van der Waals surface area contributed by atoms with E-state index in [1.54, 1.807) is 6.07 Å². The third kappa shape index (κ3) is 4.32. The Morgan fingerprint density at radius 3 is 2.59 bits per heavy atom. The number of H-pyrrole nitrogens is 1. The first kappa shape index (κ1) is 20.6. The second-order valence-electron chi connectivity index (χ2n) is 5.20. The molecule has 22 heavy (non-hydrogen) atoms. The average molecular weight is 348 g/mol. The number of hydrogen-bond acceptors (Lipinski definition) is 4. The number of hydrogen-bond donors (Lipinski definition) is 3. The highest BCUT2D eigenvalue weighted by molar-refractivity contribution is 5.97. The van der Waals surface area contributed by atoms with Crippen LogP contribution >= 0.6 is 24.8 Å². The molecule has 2 aromatic heterocycles. The zero-order chi connectivity index (χ0) is 14.8. The van der Waals surface area contributed by atoms with Gasteiger partial charge in [-0.05, 0) is 25.8 Å². The molecule has 6 nitrogen and oxygen atoms in total. The van der Waals surface area contributed by atoms with E-state index in [1.807, 2.05) is 20.8 Å². The Kier molecular flexibility index (Phi) is 7.79. The van der Waals surface area contributed by atoms with Gasteiger partial charge in [0.2, 0.25) is 0 Å². The van der Waals surface area contributed by atoms with E-state index in [9.17, 15) is 4.79 Å². The van der Waals surface area contributed by atoms with E-state index in [-0.39, 0.29) is 36.3 Å². The molecule has 0 aliphatic carbocycles. The van der Waals surface area contributed by atoms with Gasteiger partial charge in [0, 0.05) is 29.4 Å². The summed E-state index contributed by atoms with van der Waals surface area (Å²) >= 11 is 0. The zero-order valence-corrected chi connectivity index (χ0v) is 14.6. The predicted molar refractivity (Wildman–Crippen MR) is 93.0 cm³/mol. The summed E-state index contributed by atoms with van der Waals surface area (Å²) in [6.45, 7) is 6.41. The SMILES string of the molecule is CCC(N)(CC)CNC(=O)c1cnc2n[nH]c(C)c2c1.Cl.Cl. The van der Waals surface area contributed by atoms with Gasteiger partial charge in [-0.3, -0.25) is 9.89 Å². The van der Waals surface area contributed by atoms with Gasteiger partial charge < -0.3 is 11.1 Å². The van der Waals surface area contributed by atoms with Crippen LogP contribution in [0.5, 0.6) is 0 Å². The summed E-state index contributed by atoms with van der Waals surface area (Å²) in [5, 5.41) is 10.6. The lowest BCUT2D eigenvalue weighted by Gasteiger charge is -2.26. The fraction of sp³-hybridized carbons (Fsp3) is 0.500. The molecule has 0 saturated carbocycles. The van der Waals surface area contributed by atoms with Crippen molar-refractivity contribution in [2.75, 3.05) is 6.54 Å². The number of aromatic nitrogens is 3. The summed E-state index contributed by atoms with van der Waals surface area (Å²) < 4.78 is 0. The molecule has 8 heteroatoms. The van der Waals surface area contributed by atoms with E-state index in [2.05, 4.69) is 20.5 Å². The molecule has 0 aliphatic rings. The quantitative estimate of drug-likeness (QED) is 0.773. The molecule has 1 amide bonds. The molecule has 4 N–H and O–H groups in total. The number of rotatable bonds is 5. The minimum absolute atomic E-state index is 0. The summed E-state index contributed by atoms with van der Waals surface area (Å²) in [4.78, 5) is 16.3. The van der Waals surface area contributed by atoms with Gasteiger partial charge in [-0.15, -0.1) is 24.8 Å². The van der Waals surface area contributed by atoms with E-state index in [1.165, 1.54) is 6.20 Å². The summed E-state index contributed by atoms with van der Waals surface area (Å²) in [5.74, 6) is -0.156. The summed E-state index contributed by atoms with van der Waals surface area (Å²) in [6, 6.07) is 1.80. The van der Waals surface area contributed by atoms with Crippen molar-refractivity contribution in [2.45, 2.75) is 39.2 Å². The van der Waals surface area contributed by atoms with Crippen molar-refractivity contribution in [3.8, 4) is 0 Å². The Hall–Kier alpha value is -1.37. The number of nitrogens with zero attached hydrogens (tertiary/aromatic N) is 2. The van der Waals surface area contributed by atoms with Crippen molar-refractivity contribution in [1.29, 1.82) is 0 Å². The molecular formula is C14H23Cl2N5O. The molecule has 0 atom stereocenters. The highest BCUT2D eigenvalue weighted by Gasteiger charge is 2.21. The fourth-order valence-electron chi connectivity index (χ4n) is 2.00. The van der Waals surface area contributed by atoms with E-state index < -0.39 is 0 Å². The number of nitrogens with one attached hydrogen (secondary N) is 2. The van der Waals surface area contributed by atoms with Gasteiger partial charge in [-0.2, -0.15) is 5.10 Å².